The largest absolute Gasteiger partial charge is 0.356 e. The van der Waals surface area contributed by atoms with Crippen molar-refractivity contribution < 1.29 is 4.52 Å². The second-order valence-corrected chi connectivity index (χ2v) is 7.22. The fourth-order valence-electron chi connectivity index (χ4n) is 4.47. The molecule has 0 aromatic carbocycles. The lowest BCUT2D eigenvalue weighted by atomic mass is 10.0. The van der Waals surface area contributed by atoms with E-state index in [0.29, 0.717) is 29.7 Å². The third-order valence-electron chi connectivity index (χ3n) is 5.73. The van der Waals surface area contributed by atoms with E-state index in [-0.39, 0.29) is 0 Å². The standard InChI is InChI=1S/C17H21N7O/c1-10-21-17(25-22-10)24-7-11-5-13(6-12(11)8-24)23(2)16-14-3-4-18-15(14)19-9-20-16/h3-4,9,11-13H,5-8H2,1-2H3,(H,18,19,20)/t11-,12+,13?. The number of hydrogen-bond donors (Lipinski definition) is 1. The number of nitrogens with zero attached hydrogens (tertiary/aromatic N) is 6. The maximum atomic E-state index is 5.33. The van der Waals surface area contributed by atoms with Gasteiger partial charge in [-0.2, -0.15) is 4.98 Å². The molecule has 0 amide bonds. The minimum Gasteiger partial charge on any atom is -0.356 e. The van der Waals surface area contributed by atoms with Crippen LogP contribution in [0.1, 0.15) is 18.7 Å². The van der Waals surface area contributed by atoms with Gasteiger partial charge in [0.25, 0.3) is 0 Å². The molecule has 8 heteroatoms. The maximum Gasteiger partial charge on any atom is 0.324 e. The Morgan fingerprint density at radius 3 is 2.76 bits per heavy atom. The van der Waals surface area contributed by atoms with Crippen molar-refractivity contribution in [3.63, 3.8) is 0 Å². The van der Waals surface area contributed by atoms with Crippen LogP contribution in [0.5, 0.6) is 0 Å². The summed E-state index contributed by atoms with van der Waals surface area (Å²) in [6, 6.07) is 3.23. The van der Waals surface area contributed by atoms with Gasteiger partial charge in [-0.3, -0.25) is 0 Å². The summed E-state index contributed by atoms with van der Waals surface area (Å²) >= 11 is 0. The highest BCUT2D eigenvalue weighted by atomic mass is 16.5. The van der Waals surface area contributed by atoms with Crippen LogP contribution in [0.15, 0.2) is 23.1 Å². The molecule has 3 atom stereocenters. The molecule has 3 aromatic heterocycles. The summed E-state index contributed by atoms with van der Waals surface area (Å²) in [5.74, 6) is 3.05. The van der Waals surface area contributed by atoms with Crippen molar-refractivity contribution in [2.45, 2.75) is 25.8 Å². The van der Waals surface area contributed by atoms with Gasteiger partial charge in [-0.05, 0) is 37.7 Å². The second-order valence-electron chi connectivity index (χ2n) is 7.22. The molecule has 0 bridgehead atoms. The Labute approximate surface area is 145 Å². The van der Waals surface area contributed by atoms with E-state index in [4.69, 9.17) is 4.52 Å². The summed E-state index contributed by atoms with van der Waals surface area (Å²) in [7, 11) is 2.15. The molecule has 25 heavy (non-hydrogen) atoms. The summed E-state index contributed by atoms with van der Waals surface area (Å²) in [4.78, 5) is 20.9. The Balaban J connectivity index is 1.32. The van der Waals surface area contributed by atoms with Gasteiger partial charge in [-0.1, -0.05) is 5.16 Å². The highest BCUT2D eigenvalue weighted by Crippen LogP contribution is 2.42. The van der Waals surface area contributed by atoms with E-state index in [1.807, 2.05) is 13.1 Å². The predicted octanol–water partition coefficient (Wildman–Crippen LogP) is 2.00. The van der Waals surface area contributed by atoms with Crippen LogP contribution in [-0.4, -0.2) is 51.3 Å². The molecule has 8 nitrogen and oxygen atoms in total. The highest BCUT2D eigenvalue weighted by molar-refractivity contribution is 5.87. The molecule has 0 radical (unpaired) electrons. The van der Waals surface area contributed by atoms with Gasteiger partial charge in [0.1, 0.15) is 17.8 Å². The maximum absolute atomic E-state index is 5.33. The third kappa shape index (κ3) is 2.35. The number of aryl methyl sites for hydroxylation is 1. The number of aromatic nitrogens is 5. The molecule has 1 aliphatic carbocycles. The summed E-state index contributed by atoms with van der Waals surface area (Å²) in [6.07, 6.45) is 5.89. The van der Waals surface area contributed by atoms with Gasteiger partial charge in [-0.15, -0.1) is 0 Å². The first kappa shape index (κ1) is 14.7. The lowest BCUT2D eigenvalue weighted by molar-refractivity contribution is 0.410. The topological polar surface area (TPSA) is 87.0 Å². The van der Waals surface area contributed by atoms with Crippen LogP contribution >= 0.6 is 0 Å². The number of hydrogen-bond acceptors (Lipinski definition) is 7. The smallest absolute Gasteiger partial charge is 0.324 e. The second kappa shape index (κ2) is 5.44. The van der Waals surface area contributed by atoms with E-state index in [2.05, 4.69) is 48.0 Å². The van der Waals surface area contributed by atoms with E-state index in [0.717, 1.165) is 29.9 Å². The van der Waals surface area contributed by atoms with Crippen molar-refractivity contribution in [3.8, 4) is 0 Å². The zero-order chi connectivity index (χ0) is 17.0. The minimum absolute atomic E-state index is 0.509. The highest BCUT2D eigenvalue weighted by Gasteiger charge is 2.43. The van der Waals surface area contributed by atoms with E-state index < -0.39 is 0 Å². The average Bonchev–Trinajstić information content (AvgIpc) is 3.35. The number of H-pyrrole nitrogens is 1. The molecular formula is C17H21N7O. The summed E-state index contributed by atoms with van der Waals surface area (Å²) in [6.45, 7) is 3.86. The molecule has 4 heterocycles. The van der Waals surface area contributed by atoms with Crippen LogP contribution in [0.25, 0.3) is 11.0 Å². The molecule has 1 unspecified atom stereocenters. The van der Waals surface area contributed by atoms with E-state index in [1.165, 1.54) is 12.8 Å². The average molecular weight is 339 g/mol. The van der Waals surface area contributed by atoms with Crippen molar-refractivity contribution in [3.05, 3.63) is 24.4 Å². The zero-order valence-electron chi connectivity index (χ0n) is 14.4. The molecule has 0 spiro atoms. The normalized spacial score (nSPS) is 25.7. The first-order valence-electron chi connectivity index (χ1n) is 8.75. The number of fused-ring (bicyclic) bond motifs is 2. The zero-order valence-corrected chi connectivity index (χ0v) is 14.4. The first-order valence-corrected chi connectivity index (χ1v) is 8.75. The minimum atomic E-state index is 0.509. The van der Waals surface area contributed by atoms with Crippen LogP contribution in [-0.2, 0) is 0 Å². The molecule has 1 N–H and O–H groups in total. The molecule has 3 aromatic rings. The van der Waals surface area contributed by atoms with Crippen molar-refractivity contribution in [1.82, 2.24) is 25.1 Å². The van der Waals surface area contributed by atoms with Gasteiger partial charge in [0.2, 0.25) is 0 Å². The van der Waals surface area contributed by atoms with Crippen LogP contribution in [0.2, 0.25) is 0 Å². The fraction of sp³-hybridized carbons (Fsp3) is 0.529. The molecular weight excluding hydrogens is 318 g/mol. The van der Waals surface area contributed by atoms with E-state index in [9.17, 15) is 0 Å². The fourth-order valence-corrected chi connectivity index (χ4v) is 4.47. The summed E-state index contributed by atoms with van der Waals surface area (Å²) in [5, 5.41) is 5.00. The van der Waals surface area contributed by atoms with Crippen LogP contribution in [0, 0.1) is 18.8 Å². The first-order chi connectivity index (χ1) is 12.2. The molecule has 1 saturated carbocycles. The molecule has 1 aliphatic heterocycles. The third-order valence-corrected chi connectivity index (χ3v) is 5.73. The lowest BCUT2D eigenvalue weighted by Crippen LogP contribution is -2.32. The molecule has 2 aliphatic rings. The summed E-state index contributed by atoms with van der Waals surface area (Å²) in [5.41, 5.74) is 0.896. The monoisotopic (exact) mass is 339 g/mol. The molecule has 130 valence electrons. The van der Waals surface area contributed by atoms with E-state index >= 15 is 0 Å². The molecule has 1 saturated heterocycles. The Morgan fingerprint density at radius 2 is 2.04 bits per heavy atom. The van der Waals surface area contributed by atoms with Crippen LogP contribution in [0.3, 0.4) is 0 Å². The van der Waals surface area contributed by atoms with Gasteiger partial charge in [-0.25, -0.2) is 9.97 Å². The van der Waals surface area contributed by atoms with Crippen LogP contribution < -0.4 is 9.80 Å². The van der Waals surface area contributed by atoms with E-state index in [1.54, 1.807) is 6.33 Å². The molecule has 2 fully saturated rings. The van der Waals surface area contributed by atoms with Gasteiger partial charge in [0.15, 0.2) is 5.82 Å². The number of aromatic amines is 1. The van der Waals surface area contributed by atoms with Crippen molar-refractivity contribution in [2.24, 2.45) is 11.8 Å². The number of rotatable bonds is 3. The Bertz CT molecular complexity index is 889. The summed E-state index contributed by atoms with van der Waals surface area (Å²) < 4.78 is 5.33. The van der Waals surface area contributed by atoms with Crippen molar-refractivity contribution in [2.75, 3.05) is 29.9 Å². The van der Waals surface area contributed by atoms with Crippen molar-refractivity contribution in [1.29, 1.82) is 0 Å². The molecule has 5 rings (SSSR count). The lowest BCUT2D eigenvalue weighted by Gasteiger charge is -2.27. The number of nitrogens with one attached hydrogen (secondary N) is 1. The SMILES string of the molecule is Cc1noc(N2C[C@H]3CC(N(C)c4ncnc5[nH]ccc45)C[C@H]3C2)n1. The Kier molecular flexibility index (Phi) is 3.19. The Hall–Kier alpha value is -2.64. The predicted molar refractivity (Wildman–Crippen MR) is 93.5 cm³/mol. The van der Waals surface area contributed by atoms with Gasteiger partial charge >= 0.3 is 6.01 Å². The van der Waals surface area contributed by atoms with Crippen molar-refractivity contribution >= 4 is 22.9 Å². The quantitative estimate of drug-likeness (QED) is 0.781. The van der Waals surface area contributed by atoms with Crippen LogP contribution in [0.4, 0.5) is 11.8 Å². The van der Waals surface area contributed by atoms with Gasteiger partial charge < -0.3 is 19.3 Å². The Morgan fingerprint density at radius 1 is 1.24 bits per heavy atom. The van der Waals surface area contributed by atoms with Gasteiger partial charge in [0.05, 0.1) is 5.39 Å². The number of anilines is 2. The van der Waals surface area contributed by atoms with Gasteiger partial charge in [0, 0.05) is 32.4 Å².